The number of anilines is 1. The molecule has 1 aliphatic heterocycles. The van der Waals surface area contributed by atoms with E-state index in [-0.39, 0.29) is 17.3 Å². The third-order valence-corrected chi connectivity index (χ3v) is 3.91. The molecule has 7 nitrogen and oxygen atoms in total. The van der Waals surface area contributed by atoms with Crippen LogP contribution in [0.5, 0.6) is 0 Å². The van der Waals surface area contributed by atoms with Crippen LogP contribution in [-0.2, 0) is 4.79 Å². The molecule has 0 fully saturated rings. The van der Waals surface area contributed by atoms with Crippen LogP contribution in [0.2, 0.25) is 0 Å². The van der Waals surface area contributed by atoms with Crippen LogP contribution in [-0.4, -0.2) is 16.8 Å². The fourth-order valence-corrected chi connectivity index (χ4v) is 2.78. The first-order valence-corrected chi connectivity index (χ1v) is 8.04. The smallest absolute Gasteiger partial charge is 0.276 e. The standard InChI is InChI=1S/C19H18N4O3/c1-11-6-12(2)8-15(7-11)20-19-21-16(18(24)22-19)9-14-5-4-13(3)17(10-14)23(25)26/h4-10H,1-3H3,(H2,20,21,22,24). The maximum atomic E-state index is 12.1. The van der Waals surface area contributed by atoms with Crippen molar-refractivity contribution in [2.45, 2.75) is 20.8 Å². The molecule has 132 valence electrons. The van der Waals surface area contributed by atoms with Crippen molar-refractivity contribution in [1.82, 2.24) is 5.32 Å². The molecule has 2 aromatic rings. The number of hydrogen-bond acceptors (Lipinski definition) is 5. The topological polar surface area (TPSA) is 96.6 Å². The summed E-state index contributed by atoms with van der Waals surface area (Å²) in [5.74, 6) is -0.0343. The van der Waals surface area contributed by atoms with Gasteiger partial charge in [-0.3, -0.25) is 20.2 Å². The number of rotatable bonds is 3. The van der Waals surface area contributed by atoms with Crippen molar-refractivity contribution < 1.29 is 9.72 Å². The van der Waals surface area contributed by atoms with E-state index in [2.05, 4.69) is 21.7 Å². The van der Waals surface area contributed by atoms with E-state index in [0.29, 0.717) is 17.1 Å². The summed E-state index contributed by atoms with van der Waals surface area (Å²) in [6.07, 6.45) is 1.53. The van der Waals surface area contributed by atoms with Crippen LogP contribution in [0, 0.1) is 30.9 Å². The average molecular weight is 350 g/mol. The van der Waals surface area contributed by atoms with E-state index in [1.165, 1.54) is 12.1 Å². The van der Waals surface area contributed by atoms with Crippen molar-refractivity contribution in [1.29, 1.82) is 0 Å². The van der Waals surface area contributed by atoms with E-state index in [9.17, 15) is 14.9 Å². The normalized spacial score (nSPS) is 15.0. The van der Waals surface area contributed by atoms with Gasteiger partial charge in [0.25, 0.3) is 11.6 Å². The number of aliphatic imine (C=N–C) groups is 1. The highest BCUT2D eigenvalue weighted by atomic mass is 16.6. The molecule has 26 heavy (non-hydrogen) atoms. The van der Waals surface area contributed by atoms with E-state index in [1.807, 2.05) is 26.0 Å². The number of hydrogen-bond donors (Lipinski definition) is 2. The molecule has 0 aliphatic carbocycles. The zero-order chi connectivity index (χ0) is 18.8. The molecule has 0 aromatic heterocycles. The largest absolute Gasteiger partial charge is 0.326 e. The maximum absolute atomic E-state index is 12.1. The fraction of sp³-hybridized carbons (Fsp3) is 0.158. The van der Waals surface area contributed by atoms with Gasteiger partial charge in [-0.05, 0) is 55.7 Å². The Morgan fingerprint density at radius 2 is 1.81 bits per heavy atom. The summed E-state index contributed by atoms with van der Waals surface area (Å²) in [6, 6.07) is 10.7. The van der Waals surface area contributed by atoms with Crippen LogP contribution in [0.25, 0.3) is 6.08 Å². The van der Waals surface area contributed by atoms with Crippen molar-refractivity contribution in [2.75, 3.05) is 5.32 Å². The van der Waals surface area contributed by atoms with Gasteiger partial charge < -0.3 is 5.32 Å². The van der Waals surface area contributed by atoms with E-state index < -0.39 is 4.92 Å². The Kier molecular flexibility index (Phi) is 4.53. The lowest BCUT2D eigenvalue weighted by Gasteiger charge is -2.07. The summed E-state index contributed by atoms with van der Waals surface area (Å²) in [7, 11) is 0. The molecule has 0 saturated heterocycles. The first-order valence-electron chi connectivity index (χ1n) is 8.04. The molecule has 1 aliphatic rings. The second-order valence-electron chi connectivity index (χ2n) is 6.25. The number of aryl methyl sites for hydroxylation is 3. The number of nitrogens with zero attached hydrogens (tertiary/aromatic N) is 2. The molecule has 0 radical (unpaired) electrons. The fourth-order valence-electron chi connectivity index (χ4n) is 2.78. The third-order valence-electron chi connectivity index (χ3n) is 3.91. The van der Waals surface area contributed by atoms with Crippen LogP contribution in [0.4, 0.5) is 11.4 Å². The third kappa shape index (κ3) is 3.77. The summed E-state index contributed by atoms with van der Waals surface area (Å²) in [5, 5.41) is 16.8. The van der Waals surface area contributed by atoms with Crippen molar-refractivity contribution >= 4 is 29.3 Å². The van der Waals surface area contributed by atoms with Gasteiger partial charge in [-0.25, -0.2) is 4.99 Å². The van der Waals surface area contributed by atoms with Crippen LogP contribution >= 0.6 is 0 Å². The van der Waals surface area contributed by atoms with Gasteiger partial charge in [-0.2, -0.15) is 0 Å². The van der Waals surface area contributed by atoms with Crippen LogP contribution in [0.15, 0.2) is 47.1 Å². The number of nitrogens with one attached hydrogen (secondary N) is 2. The van der Waals surface area contributed by atoms with Gasteiger partial charge in [0.1, 0.15) is 5.70 Å². The van der Waals surface area contributed by atoms with Crippen molar-refractivity contribution in [3.05, 3.63) is 74.5 Å². The molecule has 0 atom stereocenters. The Bertz CT molecular complexity index is 956. The van der Waals surface area contributed by atoms with Crippen molar-refractivity contribution in [3.63, 3.8) is 0 Å². The predicted molar refractivity (Wildman–Crippen MR) is 101 cm³/mol. The molecule has 0 saturated carbocycles. The van der Waals surface area contributed by atoms with Gasteiger partial charge in [0, 0.05) is 17.3 Å². The monoisotopic (exact) mass is 350 g/mol. The molecule has 3 rings (SSSR count). The van der Waals surface area contributed by atoms with Crippen LogP contribution in [0.1, 0.15) is 22.3 Å². The number of guanidine groups is 1. The molecule has 7 heteroatoms. The highest BCUT2D eigenvalue weighted by Crippen LogP contribution is 2.22. The van der Waals surface area contributed by atoms with E-state index in [4.69, 9.17) is 0 Å². The van der Waals surface area contributed by atoms with Gasteiger partial charge in [0.2, 0.25) is 5.96 Å². The number of carbonyl (C=O) groups excluding carboxylic acids is 1. The van der Waals surface area contributed by atoms with Gasteiger partial charge in [-0.1, -0.05) is 18.2 Å². The molecule has 0 unspecified atom stereocenters. The number of carbonyl (C=O) groups is 1. The molecule has 0 spiro atoms. The number of benzene rings is 2. The summed E-state index contributed by atoms with van der Waals surface area (Å²) >= 11 is 0. The molecular weight excluding hydrogens is 332 g/mol. The molecule has 2 N–H and O–H groups in total. The Morgan fingerprint density at radius 1 is 1.12 bits per heavy atom. The van der Waals surface area contributed by atoms with Gasteiger partial charge in [-0.15, -0.1) is 0 Å². The molecular formula is C19H18N4O3. The Balaban J connectivity index is 1.87. The zero-order valence-corrected chi connectivity index (χ0v) is 14.7. The Morgan fingerprint density at radius 3 is 2.46 bits per heavy atom. The van der Waals surface area contributed by atoms with E-state index >= 15 is 0 Å². The minimum atomic E-state index is -0.442. The van der Waals surface area contributed by atoms with E-state index in [1.54, 1.807) is 19.1 Å². The summed E-state index contributed by atoms with van der Waals surface area (Å²) in [4.78, 5) is 27.0. The first kappa shape index (κ1) is 17.3. The summed E-state index contributed by atoms with van der Waals surface area (Å²) in [6.45, 7) is 5.65. The second-order valence-corrected chi connectivity index (χ2v) is 6.25. The SMILES string of the molecule is Cc1cc(C)cc(NC2=NC(=Cc3ccc(C)c([N+](=O)[O-])c3)C(=O)N2)c1. The van der Waals surface area contributed by atoms with E-state index in [0.717, 1.165) is 16.8 Å². The number of nitro benzene ring substituents is 1. The molecule has 1 amide bonds. The minimum Gasteiger partial charge on any atom is -0.326 e. The Hall–Kier alpha value is -3.48. The van der Waals surface area contributed by atoms with Crippen molar-refractivity contribution in [3.8, 4) is 0 Å². The second kappa shape index (κ2) is 6.79. The number of nitro groups is 1. The average Bonchev–Trinajstić information content (AvgIpc) is 2.87. The highest BCUT2D eigenvalue weighted by Gasteiger charge is 2.20. The van der Waals surface area contributed by atoms with Gasteiger partial charge >= 0.3 is 0 Å². The van der Waals surface area contributed by atoms with Gasteiger partial charge in [0.05, 0.1) is 4.92 Å². The quantitative estimate of drug-likeness (QED) is 0.503. The minimum absolute atomic E-state index is 0.00955. The summed E-state index contributed by atoms with van der Waals surface area (Å²) < 4.78 is 0. The molecule has 1 heterocycles. The predicted octanol–water partition coefficient (Wildman–Crippen LogP) is 3.46. The highest BCUT2D eigenvalue weighted by molar-refractivity contribution is 6.17. The van der Waals surface area contributed by atoms with Crippen molar-refractivity contribution in [2.24, 2.45) is 4.99 Å². The first-order chi connectivity index (χ1) is 12.3. The van der Waals surface area contributed by atoms with Gasteiger partial charge in [0.15, 0.2) is 0 Å². The lowest BCUT2D eigenvalue weighted by molar-refractivity contribution is -0.385. The zero-order valence-electron chi connectivity index (χ0n) is 14.7. The molecule has 0 bridgehead atoms. The molecule has 2 aromatic carbocycles. The lowest BCUT2D eigenvalue weighted by atomic mass is 10.1. The van der Waals surface area contributed by atoms with Crippen LogP contribution < -0.4 is 10.6 Å². The Labute approximate surface area is 150 Å². The maximum Gasteiger partial charge on any atom is 0.276 e. The number of amides is 1. The lowest BCUT2D eigenvalue weighted by Crippen LogP contribution is -2.30. The summed E-state index contributed by atoms with van der Waals surface area (Å²) in [5.41, 5.74) is 4.33. The van der Waals surface area contributed by atoms with Crippen LogP contribution in [0.3, 0.4) is 0 Å².